The van der Waals surface area contributed by atoms with E-state index in [0.717, 1.165) is 17.7 Å². The Hall–Kier alpha value is -3.15. The summed E-state index contributed by atoms with van der Waals surface area (Å²) in [5.41, 5.74) is 1.24. The Balaban J connectivity index is 1.76. The molecule has 1 aliphatic carbocycles. The summed E-state index contributed by atoms with van der Waals surface area (Å²) in [6.45, 7) is 3.97. The highest BCUT2D eigenvalue weighted by atomic mass is 16.5. The molecule has 2 amide bonds. The van der Waals surface area contributed by atoms with E-state index >= 15 is 0 Å². The number of para-hydroxylation sites is 2. The molecule has 0 atom stereocenters. The molecule has 3 rings (SSSR count). The van der Waals surface area contributed by atoms with Crippen LogP contribution < -0.4 is 10.6 Å². The van der Waals surface area contributed by atoms with Crippen LogP contribution in [0, 0.1) is 5.41 Å². The summed E-state index contributed by atoms with van der Waals surface area (Å²) in [7, 11) is 0. The fourth-order valence-electron chi connectivity index (χ4n) is 3.10. The highest BCUT2D eigenvalue weighted by Crippen LogP contribution is 2.47. The number of hydrogen-bond acceptors (Lipinski definition) is 4. The number of hydrogen-bond donors (Lipinski definition) is 2. The molecule has 2 aromatic carbocycles. The Kier molecular flexibility index (Phi) is 5.78. The van der Waals surface area contributed by atoms with Crippen LogP contribution in [0.5, 0.6) is 0 Å². The summed E-state index contributed by atoms with van der Waals surface area (Å²) >= 11 is 0. The molecule has 1 saturated carbocycles. The van der Waals surface area contributed by atoms with Crippen molar-refractivity contribution in [2.75, 3.05) is 17.2 Å². The minimum absolute atomic E-state index is 0.240. The fraction of sp³-hybridized carbons (Fsp3) is 0.318. The lowest BCUT2D eigenvalue weighted by atomic mass is 10.0. The molecular weight excluding hydrogens is 356 g/mol. The van der Waals surface area contributed by atoms with Gasteiger partial charge in [-0.1, -0.05) is 37.3 Å². The van der Waals surface area contributed by atoms with Gasteiger partial charge in [0.05, 0.1) is 17.9 Å². The van der Waals surface area contributed by atoms with Crippen LogP contribution in [0.3, 0.4) is 0 Å². The highest BCUT2D eigenvalue weighted by Gasteiger charge is 2.56. The molecule has 0 saturated heterocycles. The maximum absolute atomic E-state index is 12.9. The standard InChI is InChI=1S/C22H24N2O4/c1-3-15-9-5-7-11-17(15)23-20(26)22(13-14-22)21(27)24-18-12-8-6-10-16(18)19(25)28-4-2/h5-12H,3-4,13-14H2,1-2H3,(H,23,26)(H,24,27). The van der Waals surface area contributed by atoms with E-state index in [1.165, 1.54) is 0 Å². The molecule has 1 fully saturated rings. The Morgan fingerprint density at radius 2 is 1.46 bits per heavy atom. The molecule has 2 aromatic rings. The first-order valence-electron chi connectivity index (χ1n) is 9.48. The van der Waals surface area contributed by atoms with E-state index in [1.807, 2.05) is 31.2 Å². The quantitative estimate of drug-likeness (QED) is 0.565. The summed E-state index contributed by atoms with van der Waals surface area (Å²) in [6.07, 6.45) is 1.73. The van der Waals surface area contributed by atoms with Crippen LogP contribution in [-0.2, 0) is 20.7 Å². The van der Waals surface area contributed by atoms with Gasteiger partial charge in [0.25, 0.3) is 0 Å². The molecule has 6 nitrogen and oxygen atoms in total. The van der Waals surface area contributed by atoms with Gasteiger partial charge in [-0.2, -0.15) is 0 Å². The van der Waals surface area contributed by atoms with Crippen molar-refractivity contribution >= 4 is 29.2 Å². The van der Waals surface area contributed by atoms with E-state index in [9.17, 15) is 14.4 Å². The molecule has 0 radical (unpaired) electrons. The number of ether oxygens (including phenoxy) is 1. The van der Waals surface area contributed by atoms with Crippen LogP contribution in [0.4, 0.5) is 11.4 Å². The van der Waals surface area contributed by atoms with E-state index in [-0.39, 0.29) is 18.1 Å². The summed E-state index contributed by atoms with van der Waals surface area (Å²) in [5.74, 6) is -1.24. The molecule has 1 aliphatic rings. The Morgan fingerprint density at radius 1 is 0.893 bits per heavy atom. The molecule has 0 aliphatic heterocycles. The third kappa shape index (κ3) is 3.91. The first-order valence-corrected chi connectivity index (χ1v) is 9.48. The zero-order valence-electron chi connectivity index (χ0n) is 16.1. The molecule has 0 bridgehead atoms. The smallest absolute Gasteiger partial charge is 0.340 e. The first-order chi connectivity index (χ1) is 13.5. The second-order valence-corrected chi connectivity index (χ2v) is 6.77. The average Bonchev–Trinajstić information content (AvgIpc) is 3.51. The van der Waals surface area contributed by atoms with Gasteiger partial charge in [0.15, 0.2) is 0 Å². The number of nitrogens with one attached hydrogen (secondary N) is 2. The molecule has 0 aromatic heterocycles. The zero-order chi connectivity index (χ0) is 20.1. The van der Waals surface area contributed by atoms with Crippen molar-refractivity contribution in [3.63, 3.8) is 0 Å². The van der Waals surface area contributed by atoms with Crippen LogP contribution in [-0.4, -0.2) is 24.4 Å². The van der Waals surface area contributed by atoms with Gasteiger partial charge in [-0.15, -0.1) is 0 Å². The maximum Gasteiger partial charge on any atom is 0.340 e. The van der Waals surface area contributed by atoms with Crippen molar-refractivity contribution in [2.45, 2.75) is 33.1 Å². The lowest BCUT2D eigenvalue weighted by Crippen LogP contribution is -2.36. The molecular formula is C22H24N2O4. The van der Waals surface area contributed by atoms with Crippen LogP contribution in [0.1, 0.15) is 42.6 Å². The number of rotatable bonds is 7. The minimum Gasteiger partial charge on any atom is -0.462 e. The van der Waals surface area contributed by atoms with E-state index in [4.69, 9.17) is 4.74 Å². The van der Waals surface area contributed by atoms with Crippen LogP contribution in [0.2, 0.25) is 0 Å². The summed E-state index contributed by atoms with van der Waals surface area (Å²) < 4.78 is 5.03. The van der Waals surface area contributed by atoms with Gasteiger partial charge >= 0.3 is 5.97 Å². The first kappa shape index (κ1) is 19.6. The fourth-order valence-corrected chi connectivity index (χ4v) is 3.10. The zero-order valence-corrected chi connectivity index (χ0v) is 16.1. The summed E-state index contributed by atoms with van der Waals surface area (Å²) in [4.78, 5) is 37.9. The van der Waals surface area contributed by atoms with E-state index in [2.05, 4.69) is 10.6 Å². The van der Waals surface area contributed by atoms with Crippen molar-refractivity contribution in [1.82, 2.24) is 0 Å². The van der Waals surface area contributed by atoms with E-state index in [0.29, 0.717) is 18.5 Å². The van der Waals surface area contributed by atoms with Crippen molar-refractivity contribution < 1.29 is 19.1 Å². The second kappa shape index (κ2) is 8.25. The lowest BCUT2D eigenvalue weighted by molar-refractivity contribution is -0.131. The lowest BCUT2D eigenvalue weighted by Gasteiger charge is -2.18. The van der Waals surface area contributed by atoms with Crippen molar-refractivity contribution in [2.24, 2.45) is 5.41 Å². The monoisotopic (exact) mass is 380 g/mol. The Bertz CT molecular complexity index is 903. The third-order valence-corrected chi connectivity index (χ3v) is 4.94. The topological polar surface area (TPSA) is 84.5 Å². The molecule has 0 heterocycles. The number of benzene rings is 2. The van der Waals surface area contributed by atoms with Gasteiger partial charge in [0, 0.05) is 5.69 Å². The Labute approximate surface area is 164 Å². The SMILES string of the molecule is CCOC(=O)c1ccccc1NC(=O)C1(C(=O)Nc2ccccc2CC)CC1. The average molecular weight is 380 g/mol. The number of carbonyl (C=O) groups is 3. The molecule has 6 heteroatoms. The number of carbonyl (C=O) groups excluding carboxylic acids is 3. The van der Waals surface area contributed by atoms with Gasteiger partial charge in [-0.3, -0.25) is 9.59 Å². The minimum atomic E-state index is -1.11. The van der Waals surface area contributed by atoms with Crippen LogP contribution in [0.25, 0.3) is 0 Å². The third-order valence-electron chi connectivity index (χ3n) is 4.94. The van der Waals surface area contributed by atoms with Gasteiger partial charge in [0.2, 0.25) is 11.8 Å². The second-order valence-electron chi connectivity index (χ2n) is 6.77. The van der Waals surface area contributed by atoms with E-state index in [1.54, 1.807) is 31.2 Å². The molecule has 0 spiro atoms. The molecule has 2 N–H and O–H groups in total. The number of anilines is 2. The van der Waals surface area contributed by atoms with Crippen molar-refractivity contribution in [3.8, 4) is 0 Å². The van der Waals surface area contributed by atoms with Crippen molar-refractivity contribution in [1.29, 1.82) is 0 Å². The summed E-state index contributed by atoms with van der Waals surface area (Å²) in [5, 5.41) is 5.64. The van der Waals surface area contributed by atoms with Crippen LogP contribution in [0.15, 0.2) is 48.5 Å². The number of aryl methyl sites for hydroxylation is 1. The van der Waals surface area contributed by atoms with Gasteiger partial charge in [0.1, 0.15) is 5.41 Å². The predicted molar refractivity (Wildman–Crippen MR) is 107 cm³/mol. The summed E-state index contributed by atoms with van der Waals surface area (Å²) in [6, 6.07) is 14.2. The van der Waals surface area contributed by atoms with Gasteiger partial charge in [-0.25, -0.2) is 4.79 Å². The molecule has 146 valence electrons. The largest absolute Gasteiger partial charge is 0.462 e. The van der Waals surface area contributed by atoms with Crippen molar-refractivity contribution in [3.05, 3.63) is 59.7 Å². The molecule has 0 unspecified atom stereocenters. The molecule has 28 heavy (non-hydrogen) atoms. The number of amides is 2. The normalized spacial score (nSPS) is 14.1. The maximum atomic E-state index is 12.9. The van der Waals surface area contributed by atoms with Gasteiger partial charge < -0.3 is 15.4 Å². The number of esters is 1. The van der Waals surface area contributed by atoms with Gasteiger partial charge in [-0.05, 0) is 49.9 Å². The van der Waals surface area contributed by atoms with E-state index < -0.39 is 17.3 Å². The Morgan fingerprint density at radius 3 is 2.07 bits per heavy atom. The predicted octanol–water partition coefficient (Wildman–Crippen LogP) is 3.78. The van der Waals surface area contributed by atoms with Crippen LogP contribution >= 0.6 is 0 Å². The highest BCUT2D eigenvalue weighted by molar-refractivity contribution is 6.17.